The van der Waals surface area contributed by atoms with Gasteiger partial charge in [-0.05, 0) is 68.1 Å². The van der Waals surface area contributed by atoms with Crippen molar-refractivity contribution in [3.8, 4) is 11.5 Å². The number of aromatic nitrogens is 2. The second-order valence-electron chi connectivity index (χ2n) is 9.20. The van der Waals surface area contributed by atoms with Crippen molar-refractivity contribution in [1.29, 1.82) is 0 Å². The van der Waals surface area contributed by atoms with Crippen LogP contribution < -0.4 is 9.47 Å². The summed E-state index contributed by atoms with van der Waals surface area (Å²) in [6.45, 7) is 6.14. The van der Waals surface area contributed by atoms with Crippen LogP contribution in [0.25, 0.3) is 0 Å². The molecule has 1 aliphatic rings. The summed E-state index contributed by atoms with van der Waals surface area (Å²) in [5.74, 6) is 0.661. The first kappa shape index (κ1) is 24.2. The molecule has 6 nitrogen and oxygen atoms in total. The Hall–Kier alpha value is -2.90. The second-order valence-corrected chi connectivity index (χ2v) is 9.20. The van der Waals surface area contributed by atoms with Crippen molar-refractivity contribution in [2.24, 2.45) is 0 Å². The Kier molecular flexibility index (Phi) is 8.19. The summed E-state index contributed by atoms with van der Waals surface area (Å²) in [6, 6.07) is 14.6. The molecule has 2 aromatic carbocycles. The van der Waals surface area contributed by atoms with Gasteiger partial charge < -0.3 is 14.6 Å². The first-order valence-electron chi connectivity index (χ1n) is 12.0. The maximum absolute atomic E-state index is 13.8. The maximum Gasteiger partial charge on any atom is 0.165 e. The summed E-state index contributed by atoms with van der Waals surface area (Å²) in [5, 5.41) is 15.3. The molecule has 1 saturated heterocycles. The molecule has 1 N–H and O–H groups in total. The van der Waals surface area contributed by atoms with E-state index in [0.29, 0.717) is 19.4 Å². The SMILES string of the molecule is Cc1cnn(CCCOc2ccc(CN3CCC[C@@](O)(COc4ccccc4F)CC3)cc2)c1. The third-order valence-electron chi connectivity index (χ3n) is 6.24. The van der Waals surface area contributed by atoms with E-state index in [9.17, 15) is 9.50 Å². The molecule has 34 heavy (non-hydrogen) atoms. The summed E-state index contributed by atoms with van der Waals surface area (Å²) < 4.78 is 27.2. The molecule has 0 unspecified atom stereocenters. The smallest absolute Gasteiger partial charge is 0.165 e. The second kappa shape index (κ2) is 11.5. The molecule has 0 bridgehead atoms. The van der Waals surface area contributed by atoms with Gasteiger partial charge in [0.1, 0.15) is 12.4 Å². The van der Waals surface area contributed by atoms with Gasteiger partial charge in [0.05, 0.1) is 18.4 Å². The molecule has 3 aromatic rings. The maximum atomic E-state index is 13.8. The van der Waals surface area contributed by atoms with E-state index in [-0.39, 0.29) is 12.4 Å². The number of nitrogens with zero attached hydrogens (tertiary/aromatic N) is 3. The lowest BCUT2D eigenvalue weighted by Gasteiger charge is -2.27. The van der Waals surface area contributed by atoms with E-state index in [0.717, 1.165) is 44.8 Å². The highest BCUT2D eigenvalue weighted by molar-refractivity contribution is 5.27. The number of ether oxygens (including phenoxy) is 2. The van der Waals surface area contributed by atoms with Gasteiger partial charge in [0.25, 0.3) is 0 Å². The zero-order chi connectivity index (χ0) is 23.8. The van der Waals surface area contributed by atoms with Gasteiger partial charge in [0.15, 0.2) is 11.6 Å². The van der Waals surface area contributed by atoms with E-state index < -0.39 is 11.4 Å². The Morgan fingerprint density at radius 2 is 1.88 bits per heavy atom. The molecule has 0 amide bonds. The number of halogens is 1. The average molecular weight is 468 g/mol. The van der Waals surface area contributed by atoms with Gasteiger partial charge in [-0.1, -0.05) is 24.3 Å². The summed E-state index contributed by atoms with van der Waals surface area (Å²) in [7, 11) is 0. The zero-order valence-corrected chi connectivity index (χ0v) is 19.8. The van der Waals surface area contributed by atoms with E-state index >= 15 is 0 Å². The molecule has 1 aliphatic heterocycles. The van der Waals surface area contributed by atoms with Crippen molar-refractivity contribution < 1.29 is 19.0 Å². The Morgan fingerprint density at radius 1 is 1.06 bits per heavy atom. The minimum absolute atomic E-state index is 0.105. The van der Waals surface area contributed by atoms with Crippen molar-refractivity contribution in [2.75, 3.05) is 26.3 Å². The Labute approximate surface area is 200 Å². The average Bonchev–Trinajstić information content (AvgIpc) is 3.16. The molecular formula is C27H34FN3O3. The topological polar surface area (TPSA) is 59.8 Å². The third kappa shape index (κ3) is 7.05. The van der Waals surface area contributed by atoms with E-state index in [1.165, 1.54) is 17.2 Å². The molecular weight excluding hydrogens is 433 g/mol. The van der Waals surface area contributed by atoms with Crippen molar-refractivity contribution in [1.82, 2.24) is 14.7 Å². The molecule has 1 atom stereocenters. The molecule has 2 heterocycles. The first-order valence-corrected chi connectivity index (χ1v) is 12.0. The molecule has 4 rings (SSSR count). The van der Waals surface area contributed by atoms with Gasteiger partial charge >= 0.3 is 0 Å². The molecule has 0 spiro atoms. The van der Waals surface area contributed by atoms with Crippen LogP contribution in [-0.2, 0) is 13.1 Å². The van der Waals surface area contributed by atoms with Crippen molar-refractivity contribution in [3.63, 3.8) is 0 Å². The highest BCUT2D eigenvalue weighted by Gasteiger charge is 2.31. The number of para-hydroxylation sites is 1. The summed E-state index contributed by atoms with van der Waals surface area (Å²) in [6.07, 6.45) is 6.91. The quantitative estimate of drug-likeness (QED) is 0.442. The van der Waals surface area contributed by atoms with Crippen LogP contribution in [0.2, 0.25) is 0 Å². The van der Waals surface area contributed by atoms with Crippen LogP contribution in [0.1, 0.15) is 36.8 Å². The number of hydrogen-bond donors (Lipinski definition) is 1. The lowest BCUT2D eigenvalue weighted by molar-refractivity contribution is -0.0177. The van der Waals surface area contributed by atoms with E-state index in [4.69, 9.17) is 9.47 Å². The van der Waals surface area contributed by atoms with Crippen molar-refractivity contribution in [3.05, 3.63) is 77.9 Å². The van der Waals surface area contributed by atoms with Gasteiger partial charge in [-0.15, -0.1) is 0 Å². The third-order valence-corrected chi connectivity index (χ3v) is 6.24. The lowest BCUT2D eigenvalue weighted by atomic mass is 9.96. The first-order chi connectivity index (χ1) is 16.5. The number of aryl methyl sites for hydroxylation is 2. The van der Waals surface area contributed by atoms with Gasteiger partial charge in [-0.25, -0.2) is 4.39 Å². The standard InChI is InChI=1S/C27H34FN3O3/c1-22-18-29-31(19-22)15-5-17-33-24-10-8-23(9-11-24)20-30-14-4-12-27(32,13-16-30)21-34-26-7-3-2-6-25(26)28/h2-3,6-11,18-19,32H,4-5,12-17,20-21H2,1H3/t27-/m0/s1. The highest BCUT2D eigenvalue weighted by Crippen LogP contribution is 2.26. The predicted octanol–water partition coefficient (Wildman–Crippen LogP) is 4.60. The Balaban J connectivity index is 1.19. The van der Waals surface area contributed by atoms with Crippen LogP contribution in [0, 0.1) is 12.7 Å². The number of aliphatic hydroxyl groups is 1. The molecule has 1 fully saturated rings. The fourth-order valence-electron chi connectivity index (χ4n) is 4.27. The molecule has 1 aromatic heterocycles. The van der Waals surface area contributed by atoms with Gasteiger partial charge in [0.2, 0.25) is 0 Å². The lowest BCUT2D eigenvalue weighted by Crippen LogP contribution is -2.37. The minimum atomic E-state index is -0.941. The van der Waals surface area contributed by atoms with Crippen LogP contribution in [0.4, 0.5) is 4.39 Å². The number of hydrogen-bond acceptors (Lipinski definition) is 5. The molecule has 0 aliphatic carbocycles. The minimum Gasteiger partial charge on any atom is -0.494 e. The monoisotopic (exact) mass is 467 g/mol. The molecule has 0 radical (unpaired) electrons. The van der Waals surface area contributed by atoms with Crippen LogP contribution in [0.15, 0.2) is 60.9 Å². The largest absolute Gasteiger partial charge is 0.494 e. The fourth-order valence-corrected chi connectivity index (χ4v) is 4.27. The molecule has 7 heteroatoms. The van der Waals surface area contributed by atoms with Crippen molar-refractivity contribution >= 4 is 0 Å². The molecule has 182 valence electrons. The van der Waals surface area contributed by atoms with Gasteiger partial charge in [-0.2, -0.15) is 5.10 Å². The zero-order valence-electron chi connectivity index (χ0n) is 19.8. The summed E-state index contributed by atoms with van der Waals surface area (Å²) in [5.41, 5.74) is 1.44. The number of likely N-dealkylation sites (tertiary alicyclic amines) is 1. The van der Waals surface area contributed by atoms with E-state index in [1.807, 2.05) is 36.1 Å². The summed E-state index contributed by atoms with van der Waals surface area (Å²) in [4.78, 5) is 2.35. The summed E-state index contributed by atoms with van der Waals surface area (Å²) >= 11 is 0. The van der Waals surface area contributed by atoms with Gasteiger partial charge in [0, 0.05) is 32.3 Å². The Morgan fingerprint density at radius 3 is 2.65 bits per heavy atom. The van der Waals surface area contributed by atoms with Crippen LogP contribution in [-0.4, -0.2) is 51.7 Å². The highest BCUT2D eigenvalue weighted by atomic mass is 19.1. The van der Waals surface area contributed by atoms with Crippen LogP contribution in [0.5, 0.6) is 11.5 Å². The molecule has 0 saturated carbocycles. The normalized spacial score (nSPS) is 19.0. The van der Waals surface area contributed by atoms with Gasteiger partial charge in [-0.3, -0.25) is 9.58 Å². The number of benzene rings is 2. The fraction of sp³-hybridized carbons (Fsp3) is 0.444. The van der Waals surface area contributed by atoms with Crippen LogP contribution >= 0.6 is 0 Å². The van der Waals surface area contributed by atoms with E-state index in [2.05, 4.69) is 22.1 Å². The Bertz CT molecular complexity index is 1040. The predicted molar refractivity (Wildman–Crippen MR) is 129 cm³/mol. The van der Waals surface area contributed by atoms with Crippen molar-refractivity contribution in [2.45, 2.75) is 51.3 Å². The number of rotatable bonds is 10. The van der Waals surface area contributed by atoms with E-state index in [1.54, 1.807) is 18.2 Å². The van der Waals surface area contributed by atoms with Crippen LogP contribution in [0.3, 0.4) is 0 Å².